The van der Waals surface area contributed by atoms with E-state index in [0.29, 0.717) is 29.4 Å². The third-order valence-corrected chi connectivity index (χ3v) is 4.28. The number of anilines is 1. The van der Waals surface area contributed by atoms with E-state index in [2.05, 4.69) is 15.5 Å². The Bertz CT molecular complexity index is 880. The lowest BCUT2D eigenvalue weighted by molar-refractivity contribution is -0.113. The second-order valence-corrected chi connectivity index (χ2v) is 5.93. The molecule has 0 saturated carbocycles. The SMILES string of the molecule is CCn1c(SCC(=O)Nc2ccc(F)cc2F)nnc1-c1ccco1. The molecule has 0 bridgehead atoms. The Morgan fingerprint density at radius 3 is 2.84 bits per heavy atom. The molecule has 0 atom stereocenters. The first-order valence-electron chi connectivity index (χ1n) is 7.43. The summed E-state index contributed by atoms with van der Waals surface area (Å²) in [7, 11) is 0. The van der Waals surface area contributed by atoms with E-state index >= 15 is 0 Å². The van der Waals surface area contributed by atoms with E-state index in [0.717, 1.165) is 6.07 Å². The molecule has 6 nitrogen and oxygen atoms in total. The summed E-state index contributed by atoms with van der Waals surface area (Å²) in [4.78, 5) is 12.0. The predicted octanol–water partition coefficient (Wildman–Crippen LogP) is 3.57. The van der Waals surface area contributed by atoms with Crippen LogP contribution in [-0.4, -0.2) is 26.4 Å². The van der Waals surface area contributed by atoms with Crippen molar-refractivity contribution in [1.82, 2.24) is 14.8 Å². The minimum atomic E-state index is -0.824. The van der Waals surface area contributed by atoms with E-state index in [1.165, 1.54) is 17.8 Å². The Morgan fingerprint density at radius 2 is 2.16 bits per heavy atom. The van der Waals surface area contributed by atoms with Gasteiger partial charge in [0.05, 0.1) is 17.7 Å². The number of carbonyl (C=O) groups is 1. The number of nitrogens with zero attached hydrogens (tertiary/aromatic N) is 3. The van der Waals surface area contributed by atoms with Crippen LogP contribution in [-0.2, 0) is 11.3 Å². The molecule has 1 amide bonds. The molecule has 0 aliphatic rings. The Balaban J connectivity index is 1.66. The first-order valence-corrected chi connectivity index (χ1v) is 8.42. The first-order chi connectivity index (χ1) is 12.1. The molecule has 0 fully saturated rings. The summed E-state index contributed by atoms with van der Waals surface area (Å²) < 4.78 is 33.6. The van der Waals surface area contributed by atoms with Gasteiger partial charge in [0.15, 0.2) is 16.7 Å². The molecule has 1 N–H and O–H groups in total. The number of hydrogen-bond donors (Lipinski definition) is 1. The fraction of sp³-hybridized carbons (Fsp3) is 0.188. The molecule has 0 spiro atoms. The topological polar surface area (TPSA) is 73.0 Å². The lowest BCUT2D eigenvalue weighted by Crippen LogP contribution is -2.15. The molecule has 3 aromatic rings. The predicted molar refractivity (Wildman–Crippen MR) is 89.1 cm³/mol. The van der Waals surface area contributed by atoms with Crippen LogP contribution < -0.4 is 5.32 Å². The second kappa shape index (κ2) is 7.47. The van der Waals surface area contributed by atoms with Gasteiger partial charge in [0.25, 0.3) is 0 Å². The van der Waals surface area contributed by atoms with Crippen LogP contribution in [0.5, 0.6) is 0 Å². The van der Waals surface area contributed by atoms with Crippen LogP contribution in [0.3, 0.4) is 0 Å². The van der Waals surface area contributed by atoms with E-state index in [9.17, 15) is 13.6 Å². The lowest BCUT2D eigenvalue weighted by Gasteiger charge is -2.07. The molecule has 130 valence electrons. The molecule has 2 heterocycles. The molecule has 9 heteroatoms. The maximum Gasteiger partial charge on any atom is 0.234 e. The number of nitrogens with one attached hydrogen (secondary N) is 1. The zero-order valence-corrected chi connectivity index (χ0v) is 14.0. The molecule has 1 aromatic carbocycles. The van der Waals surface area contributed by atoms with Crippen molar-refractivity contribution in [2.75, 3.05) is 11.1 Å². The summed E-state index contributed by atoms with van der Waals surface area (Å²) in [5, 5.41) is 11.1. The maximum absolute atomic E-state index is 13.6. The minimum absolute atomic E-state index is 0.00705. The minimum Gasteiger partial charge on any atom is -0.461 e. The van der Waals surface area contributed by atoms with Crippen LogP contribution in [0.1, 0.15) is 6.92 Å². The number of amides is 1. The first kappa shape index (κ1) is 17.2. The van der Waals surface area contributed by atoms with Crippen LogP contribution >= 0.6 is 11.8 Å². The van der Waals surface area contributed by atoms with E-state index in [4.69, 9.17) is 4.42 Å². The number of hydrogen-bond acceptors (Lipinski definition) is 5. The largest absolute Gasteiger partial charge is 0.461 e. The number of rotatable bonds is 6. The van der Waals surface area contributed by atoms with Crippen molar-refractivity contribution in [3.63, 3.8) is 0 Å². The number of thioether (sulfide) groups is 1. The van der Waals surface area contributed by atoms with E-state index in [1.807, 2.05) is 11.5 Å². The highest BCUT2D eigenvalue weighted by Gasteiger charge is 2.16. The summed E-state index contributed by atoms with van der Waals surface area (Å²) in [5.74, 6) is -0.797. The zero-order valence-electron chi connectivity index (χ0n) is 13.2. The van der Waals surface area contributed by atoms with Crippen LogP contribution in [0.25, 0.3) is 11.6 Å². The molecule has 3 rings (SSSR count). The molecular formula is C16H14F2N4O2S. The van der Waals surface area contributed by atoms with Gasteiger partial charge in [-0.1, -0.05) is 11.8 Å². The van der Waals surface area contributed by atoms with Crippen LogP contribution in [0.4, 0.5) is 14.5 Å². The third-order valence-electron chi connectivity index (χ3n) is 3.31. The molecule has 0 aliphatic carbocycles. The summed E-state index contributed by atoms with van der Waals surface area (Å²) in [6.45, 7) is 2.52. The third kappa shape index (κ3) is 3.87. The summed E-state index contributed by atoms with van der Waals surface area (Å²) >= 11 is 1.17. The van der Waals surface area contributed by atoms with Gasteiger partial charge in [-0.05, 0) is 31.2 Å². The standard InChI is InChI=1S/C16H14F2N4O2S/c1-2-22-15(13-4-3-7-24-13)20-21-16(22)25-9-14(23)19-12-6-5-10(17)8-11(12)18/h3-8H,2,9H2,1H3,(H,19,23). The van der Waals surface area contributed by atoms with Gasteiger partial charge in [-0.25, -0.2) is 8.78 Å². The molecule has 0 radical (unpaired) electrons. The molecule has 0 unspecified atom stereocenters. The normalized spacial score (nSPS) is 10.8. The Labute approximate surface area is 146 Å². The van der Waals surface area contributed by atoms with Crippen molar-refractivity contribution in [3.8, 4) is 11.6 Å². The molecule has 2 aromatic heterocycles. The number of aromatic nitrogens is 3. The molecular weight excluding hydrogens is 350 g/mol. The summed E-state index contributed by atoms with van der Waals surface area (Å²) in [6, 6.07) is 6.49. The van der Waals surface area contributed by atoms with Crippen LogP contribution in [0, 0.1) is 11.6 Å². The van der Waals surface area contributed by atoms with Gasteiger partial charge in [-0.2, -0.15) is 0 Å². The van der Waals surface area contributed by atoms with Crippen molar-refractivity contribution >= 4 is 23.4 Å². The Morgan fingerprint density at radius 1 is 1.32 bits per heavy atom. The van der Waals surface area contributed by atoms with Crippen LogP contribution in [0.15, 0.2) is 46.2 Å². The van der Waals surface area contributed by atoms with Crippen molar-refractivity contribution < 1.29 is 18.0 Å². The quantitative estimate of drug-likeness (QED) is 0.677. The van der Waals surface area contributed by atoms with Gasteiger partial charge >= 0.3 is 0 Å². The van der Waals surface area contributed by atoms with E-state index in [-0.39, 0.29) is 11.4 Å². The average molecular weight is 364 g/mol. The van der Waals surface area contributed by atoms with Crippen molar-refractivity contribution in [2.24, 2.45) is 0 Å². The highest BCUT2D eigenvalue weighted by molar-refractivity contribution is 7.99. The van der Waals surface area contributed by atoms with E-state index < -0.39 is 17.5 Å². The molecule has 25 heavy (non-hydrogen) atoms. The molecule has 0 saturated heterocycles. The molecule has 0 aliphatic heterocycles. The number of carbonyl (C=O) groups excluding carboxylic acids is 1. The van der Waals surface area contributed by atoms with Crippen molar-refractivity contribution in [1.29, 1.82) is 0 Å². The summed E-state index contributed by atoms with van der Waals surface area (Å²) in [6.07, 6.45) is 1.54. The summed E-state index contributed by atoms with van der Waals surface area (Å²) in [5.41, 5.74) is -0.0692. The van der Waals surface area contributed by atoms with Gasteiger partial charge in [0, 0.05) is 12.6 Å². The van der Waals surface area contributed by atoms with Gasteiger partial charge < -0.3 is 9.73 Å². The number of benzene rings is 1. The fourth-order valence-corrected chi connectivity index (χ4v) is 2.98. The fourth-order valence-electron chi connectivity index (χ4n) is 2.18. The Hall–Kier alpha value is -2.68. The van der Waals surface area contributed by atoms with Crippen LogP contribution in [0.2, 0.25) is 0 Å². The highest BCUT2D eigenvalue weighted by atomic mass is 32.2. The van der Waals surface area contributed by atoms with Gasteiger partial charge in [-0.15, -0.1) is 10.2 Å². The lowest BCUT2D eigenvalue weighted by atomic mass is 10.3. The number of furan rings is 1. The highest BCUT2D eigenvalue weighted by Crippen LogP contribution is 2.24. The van der Waals surface area contributed by atoms with E-state index in [1.54, 1.807) is 18.4 Å². The zero-order chi connectivity index (χ0) is 17.8. The second-order valence-electron chi connectivity index (χ2n) is 4.99. The van der Waals surface area contributed by atoms with Crippen molar-refractivity contribution in [3.05, 3.63) is 48.2 Å². The maximum atomic E-state index is 13.6. The van der Waals surface area contributed by atoms with Gasteiger partial charge in [-0.3, -0.25) is 9.36 Å². The van der Waals surface area contributed by atoms with Gasteiger partial charge in [0.2, 0.25) is 5.91 Å². The van der Waals surface area contributed by atoms with Gasteiger partial charge in [0.1, 0.15) is 11.6 Å². The smallest absolute Gasteiger partial charge is 0.234 e. The number of halogens is 2. The Kier molecular flexibility index (Phi) is 5.13. The average Bonchev–Trinajstić information content (AvgIpc) is 3.24. The van der Waals surface area contributed by atoms with Crippen molar-refractivity contribution in [2.45, 2.75) is 18.6 Å². The monoisotopic (exact) mass is 364 g/mol.